The van der Waals surface area contributed by atoms with Crippen molar-refractivity contribution in [3.8, 4) is 0 Å². The number of carbonyl (C=O) groups excluding carboxylic acids is 7. The van der Waals surface area contributed by atoms with Crippen molar-refractivity contribution in [1.29, 1.82) is 0 Å². The molecule has 4 atom stereocenters. The number of rotatable bonds is 53. The Bertz CT molecular complexity index is 1870. The second-order valence-corrected chi connectivity index (χ2v) is 20.3. The molecule has 1 fully saturated rings. The number of nitrogens with zero attached hydrogens (tertiary/aromatic N) is 2. The largest absolute Gasteiger partial charge is 0.481 e. The number of H-pyrrole nitrogens is 1. The Kier molecular flexibility index (Phi) is 39.4. The van der Waals surface area contributed by atoms with Crippen LogP contribution in [0, 0.1) is 5.92 Å². The number of imidazole rings is 1. The van der Waals surface area contributed by atoms with E-state index in [-0.39, 0.29) is 146 Å². The minimum atomic E-state index is -1.17. The highest BCUT2D eigenvalue weighted by atomic mass is 16.5. The van der Waals surface area contributed by atoms with Crippen LogP contribution in [0.4, 0.5) is 0 Å². The predicted octanol–water partition coefficient (Wildman–Crippen LogP) is 3.87. The lowest BCUT2D eigenvalue weighted by atomic mass is 9.89. The van der Waals surface area contributed by atoms with Crippen LogP contribution in [0.25, 0.3) is 0 Å². The lowest BCUT2D eigenvalue weighted by Gasteiger charge is -2.24. The van der Waals surface area contributed by atoms with Gasteiger partial charge in [-0.05, 0) is 57.9 Å². The van der Waals surface area contributed by atoms with Crippen LogP contribution >= 0.6 is 0 Å². The molecule has 1 aliphatic rings. The van der Waals surface area contributed by atoms with Crippen molar-refractivity contribution in [3.05, 3.63) is 18.2 Å². The van der Waals surface area contributed by atoms with E-state index >= 15 is 0 Å². The fraction of sp³-hybridized carbons (Fsp3) is 0.782. The molecule has 0 radical (unpaired) electrons. The molecule has 23 nitrogen and oxygen atoms in total. The van der Waals surface area contributed by atoms with E-state index in [1.807, 2.05) is 0 Å². The number of nitrogens with two attached hydrogens (primary N) is 2. The first-order valence-corrected chi connectivity index (χ1v) is 28.6. The molecule has 0 unspecified atom stereocenters. The van der Waals surface area contributed by atoms with Crippen LogP contribution in [0.1, 0.15) is 173 Å². The lowest BCUT2D eigenvalue weighted by molar-refractivity contribution is -0.142. The van der Waals surface area contributed by atoms with Gasteiger partial charge in [0.25, 0.3) is 0 Å². The third kappa shape index (κ3) is 36.1. The van der Waals surface area contributed by atoms with E-state index in [4.69, 9.17) is 35.5 Å². The maximum Gasteiger partial charge on any atom is 0.326 e. The van der Waals surface area contributed by atoms with Gasteiger partial charge in [0.1, 0.15) is 30.8 Å². The van der Waals surface area contributed by atoms with Crippen LogP contribution < -0.4 is 27.4 Å². The zero-order chi connectivity index (χ0) is 57.0. The Morgan fingerprint density at radius 1 is 0.641 bits per heavy atom. The number of aromatic amines is 1. The van der Waals surface area contributed by atoms with Crippen LogP contribution in [0.15, 0.2) is 12.5 Å². The number of aliphatic carboxylic acids is 2. The van der Waals surface area contributed by atoms with Crippen molar-refractivity contribution in [2.24, 2.45) is 17.4 Å². The second-order valence-electron chi connectivity index (χ2n) is 20.3. The van der Waals surface area contributed by atoms with Crippen molar-refractivity contribution < 1.29 is 72.3 Å². The number of unbranched alkanes of at least 4 members (excludes halogenated alkanes) is 14. The number of primary amides is 1. The van der Waals surface area contributed by atoms with Crippen molar-refractivity contribution >= 4 is 52.9 Å². The standard InChI is InChI=1S/C55H94N8O15/c56-45(36-43-37-58-41-61-43)48(65)35-42(49(66)38-63-28-17-21-47(63)54(57)72)19-15-16-26-59-51(68)39-78-34-32-76-30-27-60-52(69)40-77-33-31-75-29-18-20-44(64)24-25-46(55(73)74)62-50(67)22-13-11-9-7-5-3-1-2-4-6-8-10-12-14-23-53(70)71/h37,41-42,45-47H,1-36,38-40,56H2,(H2,57,72)(H,58,61)(H,59,68)(H,60,69)(H,62,67)(H,70,71)(H,73,74)/t42-,45+,46+,47+/m1/s1. The maximum absolute atomic E-state index is 13.4. The minimum Gasteiger partial charge on any atom is -0.481 e. The highest BCUT2D eigenvalue weighted by Gasteiger charge is 2.33. The third-order valence-corrected chi connectivity index (χ3v) is 13.6. The molecule has 1 aromatic rings. The van der Waals surface area contributed by atoms with Gasteiger partial charge in [0.2, 0.25) is 23.6 Å². The summed E-state index contributed by atoms with van der Waals surface area (Å²) in [5, 5.41) is 26.3. The number of carbonyl (C=O) groups is 9. The summed E-state index contributed by atoms with van der Waals surface area (Å²) in [4.78, 5) is 118. The second kappa shape index (κ2) is 44.6. The molecule has 0 bridgehead atoms. The van der Waals surface area contributed by atoms with Crippen LogP contribution in [-0.2, 0) is 68.5 Å². The number of Topliss-reactive ketones (excluding diaryl/α,β-unsaturated/α-hetero) is 3. The summed E-state index contributed by atoms with van der Waals surface area (Å²) < 4.78 is 21.6. The molecular weight excluding hydrogens is 1010 g/mol. The number of likely N-dealkylation sites (tertiary alicyclic amines) is 1. The molecule has 1 aromatic heterocycles. The Hall–Kier alpha value is -5.20. The van der Waals surface area contributed by atoms with E-state index in [1.165, 1.54) is 44.9 Å². The number of nitrogens with one attached hydrogen (secondary N) is 4. The Balaban J connectivity index is 1.41. The van der Waals surface area contributed by atoms with Crippen molar-refractivity contribution in [2.45, 2.75) is 191 Å². The molecule has 23 heteroatoms. The van der Waals surface area contributed by atoms with Gasteiger partial charge < -0.3 is 61.6 Å². The Labute approximate surface area is 460 Å². The Morgan fingerprint density at radius 3 is 1.79 bits per heavy atom. The summed E-state index contributed by atoms with van der Waals surface area (Å²) in [6.07, 6.45) is 22.4. The molecule has 0 aromatic carbocycles. The third-order valence-electron chi connectivity index (χ3n) is 13.6. The van der Waals surface area contributed by atoms with Crippen molar-refractivity contribution in [2.75, 3.05) is 79.0 Å². The molecule has 2 rings (SSSR count). The average molecular weight is 1110 g/mol. The van der Waals surface area contributed by atoms with Gasteiger partial charge in [-0.15, -0.1) is 0 Å². The number of ketones is 3. The van der Waals surface area contributed by atoms with Crippen LogP contribution in [0.3, 0.4) is 0 Å². The van der Waals surface area contributed by atoms with E-state index < -0.39 is 41.9 Å². The highest BCUT2D eigenvalue weighted by molar-refractivity contribution is 5.92. The van der Waals surface area contributed by atoms with E-state index in [1.54, 1.807) is 11.1 Å². The molecular formula is C55H94N8O15. The van der Waals surface area contributed by atoms with Gasteiger partial charge in [0.15, 0.2) is 5.78 Å². The van der Waals surface area contributed by atoms with E-state index in [0.29, 0.717) is 57.3 Å². The van der Waals surface area contributed by atoms with E-state index in [0.717, 1.165) is 51.4 Å². The van der Waals surface area contributed by atoms with E-state index in [9.17, 15) is 48.3 Å². The molecule has 78 heavy (non-hydrogen) atoms. The molecule has 1 aliphatic heterocycles. The predicted molar refractivity (Wildman–Crippen MR) is 290 cm³/mol. The molecule has 1 saturated heterocycles. The van der Waals surface area contributed by atoms with Gasteiger partial charge in [0.05, 0.1) is 58.0 Å². The summed E-state index contributed by atoms with van der Waals surface area (Å²) >= 11 is 0. The fourth-order valence-electron chi connectivity index (χ4n) is 9.07. The molecule has 0 aliphatic carbocycles. The van der Waals surface area contributed by atoms with Crippen molar-refractivity contribution in [3.63, 3.8) is 0 Å². The number of hydrogen-bond acceptors (Lipinski definition) is 16. The first kappa shape index (κ1) is 68.9. The molecule has 10 N–H and O–H groups in total. The number of aromatic nitrogens is 2. The molecule has 444 valence electrons. The summed E-state index contributed by atoms with van der Waals surface area (Å²) in [6, 6.07) is -2.43. The monoisotopic (exact) mass is 1110 g/mol. The number of carboxylic acid groups (broad SMARTS) is 2. The van der Waals surface area contributed by atoms with Gasteiger partial charge >= 0.3 is 11.9 Å². The number of hydrogen-bond donors (Lipinski definition) is 8. The molecule has 4 amide bonds. The summed E-state index contributed by atoms with van der Waals surface area (Å²) in [6.45, 7) is 2.09. The van der Waals surface area contributed by atoms with Crippen LogP contribution in [0.5, 0.6) is 0 Å². The smallest absolute Gasteiger partial charge is 0.326 e. The van der Waals surface area contributed by atoms with Crippen LogP contribution in [0.2, 0.25) is 0 Å². The van der Waals surface area contributed by atoms with Gasteiger partial charge in [-0.25, -0.2) is 9.78 Å². The molecule has 0 saturated carbocycles. The number of carboxylic acids is 2. The zero-order valence-corrected chi connectivity index (χ0v) is 46.3. The first-order chi connectivity index (χ1) is 37.7. The maximum atomic E-state index is 13.4. The normalized spacial score (nSPS) is 14.6. The van der Waals surface area contributed by atoms with Crippen LogP contribution in [-0.4, -0.2) is 175 Å². The van der Waals surface area contributed by atoms with E-state index in [2.05, 4.69) is 25.9 Å². The topological polar surface area (TPSA) is 351 Å². The van der Waals surface area contributed by atoms with Gasteiger partial charge in [-0.1, -0.05) is 83.5 Å². The Morgan fingerprint density at radius 2 is 1.22 bits per heavy atom. The van der Waals surface area contributed by atoms with Gasteiger partial charge in [-0.3, -0.25) is 43.3 Å². The number of ether oxygens (including phenoxy) is 4. The molecule has 0 spiro atoms. The quantitative estimate of drug-likeness (QED) is 0.0429. The zero-order valence-electron chi connectivity index (χ0n) is 46.3. The summed E-state index contributed by atoms with van der Waals surface area (Å²) in [5.74, 6) is -4.43. The SMILES string of the molecule is NC(=O)[C@@H]1CCCN1CC(=O)[C@H](CCCCNC(=O)COCCOCCNC(=O)COCCOCCCC(=O)CC[C@H](NC(=O)CCCCCCCCCCCCCCCCC(=O)O)C(=O)O)CC(=O)[C@@H](N)Cc1cnc[nH]1. The van der Waals surface area contributed by atoms with Gasteiger partial charge in [0, 0.05) is 76.0 Å². The number of amides is 4. The lowest BCUT2D eigenvalue weighted by Crippen LogP contribution is -2.44. The first-order valence-electron chi connectivity index (χ1n) is 28.6. The summed E-state index contributed by atoms with van der Waals surface area (Å²) in [5.41, 5.74) is 12.4. The summed E-state index contributed by atoms with van der Waals surface area (Å²) in [7, 11) is 0. The molecule has 2 heterocycles. The highest BCUT2D eigenvalue weighted by Crippen LogP contribution is 2.22. The fourth-order valence-corrected chi connectivity index (χ4v) is 9.07. The minimum absolute atomic E-state index is 0.0193. The van der Waals surface area contributed by atoms with Gasteiger partial charge in [-0.2, -0.15) is 0 Å². The average Bonchev–Trinajstić information content (AvgIpc) is 4.11. The van der Waals surface area contributed by atoms with Crippen molar-refractivity contribution in [1.82, 2.24) is 30.8 Å².